The lowest BCUT2D eigenvalue weighted by atomic mass is 9.85. The summed E-state index contributed by atoms with van der Waals surface area (Å²) >= 11 is 0. The predicted molar refractivity (Wildman–Crippen MR) is 72.3 cm³/mol. The highest BCUT2D eigenvalue weighted by Crippen LogP contribution is 2.29. The molecule has 3 nitrogen and oxygen atoms in total. The van der Waals surface area contributed by atoms with Crippen molar-refractivity contribution >= 4 is 11.7 Å². The van der Waals surface area contributed by atoms with Crippen LogP contribution in [0.4, 0.5) is 5.69 Å². The predicted octanol–water partition coefficient (Wildman–Crippen LogP) is 3.39. The largest absolute Gasteiger partial charge is 0.458 e. The standard InChI is InChI=1S/C15H21NO2/c1-2-11-5-3-4-6-14(11)18-15(17)12-7-9-13(16)10-8-12/h7-11,14H,2-6,16H2,1H3. The molecule has 18 heavy (non-hydrogen) atoms. The molecule has 0 bridgehead atoms. The van der Waals surface area contributed by atoms with Crippen LogP contribution in [0.1, 0.15) is 49.4 Å². The summed E-state index contributed by atoms with van der Waals surface area (Å²) in [6, 6.07) is 6.91. The van der Waals surface area contributed by atoms with Gasteiger partial charge >= 0.3 is 5.97 Å². The minimum atomic E-state index is -0.222. The van der Waals surface area contributed by atoms with E-state index in [1.807, 2.05) is 0 Å². The van der Waals surface area contributed by atoms with Gasteiger partial charge in [-0.15, -0.1) is 0 Å². The first-order chi connectivity index (χ1) is 8.70. The first-order valence-corrected chi connectivity index (χ1v) is 6.77. The van der Waals surface area contributed by atoms with Crippen molar-refractivity contribution < 1.29 is 9.53 Å². The van der Waals surface area contributed by atoms with Crippen molar-refractivity contribution in [1.82, 2.24) is 0 Å². The minimum Gasteiger partial charge on any atom is -0.458 e. The second-order valence-corrected chi connectivity index (χ2v) is 5.02. The molecule has 1 aliphatic carbocycles. The lowest BCUT2D eigenvalue weighted by molar-refractivity contribution is 0.000714. The molecule has 1 aromatic carbocycles. The fourth-order valence-corrected chi connectivity index (χ4v) is 2.62. The van der Waals surface area contributed by atoms with E-state index < -0.39 is 0 Å². The maximum Gasteiger partial charge on any atom is 0.338 e. The van der Waals surface area contributed by atoms with Crippen molar-refractivity contribution in [3.63, 3.8) is 0 Å². The first-order valence-electron chi connectivity index (χ1n) is 6.77. The summed E-state index contributed by atoms with van der Waals surface area (Å²) in [6.07, 6.45) is 5.77. The number of ether oxygens (including phenoxy) is 1. The third-order valence-corrected chi connectivity index (χ3v) is 3.77. The van der Waals surface area contributed by atoms with E-state index in [9.17, 15) is 4.79 Å². The van der Waals surface area contributed by atoms with Gasteiger partial charge in [0.1, 0.15) is 6.10 Å². The highest BCUT2D eigenvalue weighted by atomic mass is 16.5. The van der Waals surface area contributed by atoms with Gasteiger partial charge in [-0.25, -0.2) is 4.79 Å². The molecule has 2 rings (SSSR count). The number of benzene rings is 1. The van der Waals surface area contributed by atoms with Crippen molar-refractivity contribution in [2.45, 2.75) is 45.1 Å². The number of rotatable bonds is 3. The molecule has 0 radical (unpaired) electrons. The van der Waals surface area contributed by atoms with Gasteiger partial charge in [0, 0.05) is 5.69 Å². The summed E-state index contributed by atoms with van der Waals surface area (Å²) in [7, 11) is 0. The van der Waals surface area contributed by atoms with Crippen LogP contribution in [0.3, 0.4) is 0 Å². The van der Waals surface area contributed by atoms with E-state index in [1.54, 1.807) is 24.3 Å². The molecule has 0 heterocycles. The molecule has 0 aromatic heterocycles. The number of hydrogen-bond acceptors (Lipinski definition) is 3. The van der Waals surface area contributed by atoms with Gasteiger partial charge in [0.2, 0.25) is 0 Å². The van der Waals surface area contributed by atoms with Crippen LogP contribution in [0.25, 0.3) is 0 Å². The van der Waals surface area contributed by atoms with Crippen LogP contribution in [0.5, 0.6) is 0 Å². The quantitative estimate of drug-likeness (QED) is 0.658. The van der Waals surface area contributed by atoms with E-state index in [4.69, 9.17) is 10.5 Å². The smallest absolute Gasteiger partial charge is 0.338 e. The van der Waals surface area contributed by atoms with Crippen molar-refractivity contribution in [3.8, 4) is 0 Å². The Labute approximate surface area is 108 Å². The molecular weight excluding hydrogens is 226 g/mol. The SMILES string of the molecule is CCC1CCCCC1OC(=O)c1ccc(N)cc1. The van der Waals surface area contributed by atoms with Gasteiger partial charge in [0.25, 0.3) is 0 Å². The van der Waals surface area contributed by atoms with Crippen LogP contribution in [-0.4, -0.2) is 12.1 Å². The molecule has 2 atom stereocenters. The zero-order valence-corrected chi connectivity index (χ0v) is 10.9. The summed E-state index contributed by atoms with van der Waals surface area (Å²) in [6.45, 7) is 2.17. The Morgan fingerprint density at radius 3 is 2.61 bits per heavy atom. The van der Waals surface area contributed by atoms with Crippen LogP contribution < -0.4 is 5.73 Å². The highest BCUT2D eigenvalue weighted by molar-refractivity contribution is 5.89. The number of carbonyl (C=O) groups excluding carboxylic acids is 1. The zero-order valence-electron chi connectivity index (χ0n) is 10.9. The molecule has 2 N–H and O–H groups in total. The summed E-state index contributed by atoms with van der Waals surface area (Å²) in [5.74, 6) is 0.303. The van der Waals surface area contributed by atoms with Crippen molar-refractivity contribution in [1.29, 1.82) is 0 Å². The second-order valence-electron chi connectivity index (χ2n) is 5.02. The average molecular weight is 247 g/mol. The fraction of sp³-hybridized carbons (Fsp3) is 0.533. The number of nitrogens with two attached hydrogens (primary N) is 1. The minimum absolute atomic E-state index is 0.0915. The van der Waals surface area contributed by atoms with E-state index in [0.717, 1.165) is 19.3 Å². The Bertz CT molecular complexity index is 399. The van der Waals surface area contributed by atoms with Gasteiger partial charge in [-0.2, -0.15) is 0 Å². The topological polar surface area (TPSA) is 52.3 Å². The van der Waals surface area contributed by atoms with E-state index in [2.05, 4.69) is 6.92 Å². The number of esters is 1. The molecular formula is C15H21NO2. The maximum atomic E-state index is 12.0. The number of carbonyl (C=O) groups is 1. The Balaban J connectivity index is 1.99. The number of hydrogen-bond donors (Lipinski definition) is 1. The molecule has 98 valence electrons. The maximum absolute atomic E-state index is 12.0. The van der Waals surface area contributed by atoms with E-state index in [0.29, 0.717) is 17.2 Å². The first kappa shape index (κ1) is 12.9. The van der Waals surface area contributed by atoms with Crippen molar-refractivity contribution in [2.75, 3.05) is 5.73 Å². The van der Waals surface area contributed by atoms with E-state index in [-0.39, 0.29) is 12.1 Å². The summed E-state index contributed by atoms with van der Waals surface area (Å²) < 4.78 is 5.64. The van der Waals surface area contributed by atoms with Gasteiger partial charge in [0.15, 0.2) is 0 Å². The summed E-state index contributed by atoms with van der Waals surface area (Å²) in [5.41, 5.74) is 6.85. The van der Waals surface area contributed by atoms with Gasteiger partial charge in [-0.05, 0) is 55.9 Å². The molecule has 0 aliphatic heterocycles. The summed E-state index contributed by atoms with van der Waals surface area (Å²) in [4.78, 5) is 12.0. The normalized spacial score (nSPS) is 23.6. The van der Waals surface area contributed by atoms with Gasteiger partial charge in [-0.1, -0.05) is 13.3 Å². The Hall–Kier alpha value is -1.51. The van der Waals surface area contributed by atoms with Crippen LogP contribution in [0.15, 0.2) is 24.3 Å². The third-order valence-electron chi connectivity index (χ3n) is 3.77. The van der Waals surface area contributed by atoms with Crippen LogP contribution in [-0.2, 0) is 4.74 Å². The molecule has 0 amide bonds. The van der Waals surface area contributed by atoms with Gasteiger partial charge in [0.05, 0.1) is 5.56 Å². The van der Waals surface area contributed by atoms with E-state index >= 15 is 0 Å². The monoisotopic (exact) mass is 247 g/mol. The molecule has 2 unspecified atom stereocenters. The van der Waals surface area contributed by atoms with Gasteiger partial charge in [-0.3, -0.25) is 0 Å². The lowest BCUT2D eigenvalue weighted by Gasteiger charge is -2.30. The molecule has 1 aliphatic rings. The number of nitrogen functional groups attached to an aromatic ring is 1. The zero-order chi connectivity index (χ0) is 13.0. The number of anilines is 1. The molecule has 1 fully saturated rings. The molecule has 1 aromatic rings. The van der Waals surface area contributed by atoms with Gasteiger partial charge < -0.3 is 10.5 Å². The Kier molecular flexibility index (Phi) is 4.24. The Morgan fingerprint density at radius 2 is 1.94 bits per heavy atom. The van der Waals surface area contributed by atoms with Crippen LogP contribution in [0.2, 0.25) is 0 Å². The van der Waals surface area contributed by atoms with Crippen LogP contribution in [0, 0.1) is 5.92 Å². The lowest BCUT2D eigenvalue weighted by Crippen LogP contribution is -2.29. The van der Waals surface area contributed by atoms with Crippen molar-refractivity contribution in [3.05, 3.63) is 29.8 Å². The average Bonchev–Trinajstić information content (AvgIpc) is 2.40. The third kappa shape index (κ3) is 3.03. The molecule has 0 saturated heterocycles. The highest BCUT2D eigenvalue weighted by Gasteiger charge is 2.27. The Morgan fingerprint density at radius 1 is 1.28 bits per heavy atom. The molecule has 0 spiro atoms. The molecule has 1 saturated carbocycles. The van der Waals surface area contributed by atoms with E-state index in [1.165, 1.54) is 12.8 Å². The van der Waals surface area contributed by atoms with Crippen LogP contribution >= 0.6 is 0 Å². The fourth-order valence-electron chi connectivity index (χ4n) is 2.62. The molecule has 3 heteroatoms. The van der Waals surface area contributed by atoms with Crippen molar-refractivity contribution in [2.24, 2.45) is 5.92 Å². The summed E-state index contributed by atoms with van der Waals surface area (Å²) in [5, 5.41) is 0. The second kappa shape index (κ2) is 5.89.